The molecule has 120 valence electrons. The van der Waals surface area contributed by atoms with E-state index in [1.54, 1.807) is 0 Å². The predicted molar refractivity (Wildman–Crippen MR) is 94.6 cm³/mol. The summed E-state index contributed by atoms with van der Waals surface area (Å²) in [6.07, 6.45) is 1.79. The van der Waals surface area contributed by atoms with E-state index in [0.29, 0.717) is 5.95 Å². The average Bonchev–Trinajstić information content (AvgIpc) is 2.84. The summed E-state index contributed by atoms with van der Waals surface area (Å²) >= 11 is 3.46. The number of rotatable bonds is 3. The van der Waals surface area contributed by atoms with E-state index in [-0.39, 0.29) is 24.2 Å². The number of aromatic nitrogens is 2. The predicted octanol–water partition coefficient (Wildman–Crippen LogP) is 3.18. The lowest BCUT2D eigenvalue weighted by atomic mass is 9.97. The highest BCUT2D eigenvalue weighted by Crippen LogP contribution is 2.24. The molecule has 5 nitrogen and oxygen atoms in total. The molecule has 1 aromatic heterocycles. The molecule has 1 saturated heterocycles. The SMILES string of the molecule is CCn1c(NC(=O)C2CCNCC2)nc2cc(Br)ccc21.Cl. The van der Waals surface area contributed by atoms with Crippen LogP contribution in [0.5, 0.6) is 0 Å². The van der Waals surface area contributed by atoms with E-state index in [4.69, 9.17) is 0 Å². The van der Waals surface area contributed by atoms with Crippen LogP contribution in [0.15, 0.2) is 22.7 Å². The highest BCUT2D eigenvalue weighted by molar-refractivity contribution is 9.10. The fraction of sp³-hybridized carbons (Fsp3) is 0.467. The summed E-state index contributed by atoms with van der Waals surface area (Å²) in [5.74, 6) is 0.817. The van der Waals surface area contributed by atoms with E-state index in [1.807, 2.05) is 22.8 Å². The highest BCUT2D eigenvalue weighted by atomic mass is 79.9. The van der Waals surface area contributed by atoms with Crippen molar-refractivity contribution >= 4 is 51.2 Å². The minimum atomic E-state index is 0. The van der Waals surface area contributed by atoms with Gasteiger partial charge < -0.3 is 9.88 Å². The van der Waals surface area contributed by atoms with Gasteiger partial charge in [-0.05, 0) is 51.1 Å². The largest absolute Gasteiger partial charge is 0.317 e. The van der Waals surface area contributed by atoms with E-state index < -0.39 is 0 Å². The van der Waals surface area contributed by atoms with Crippen LogP contribution in [0.2, 0.25) is 0 Å². The molecule has 7 heteroatoms. The Morgan fingerprint density at radius 2 is 2.18 bits per heavy atom. The molecule has 1 amide bonds. The quantitative estimate of drug-likeness (QED) is 0.850. The lowest BCUT2D eigenvalue weighted by Crippen LogP contribution is -2.35. The number of nitrogens with zero attached hydrogens (tertiary/aromatic N) is 2. The van der Waals surface area contributed by atoms with Crippen LogP contribution in [-0.4, -0.2) is 28.5 Å². The zero-order valence-electron chi connectivity index (χ0n) is 12.4. The van der Waals surface area contributed by atoms with Gasteiger partial charge in [-0.25, -0.2) is 4.98 Å². The molecule has 3 rings (SSSR count). The summed E-state index contributed by atoms with van der Waals surface area (Å²) in [5, 5.41) is 6.29. The maximum Gasteiger partial charge on any atom is 0.229 e. The Kier molecular flexibility index (Phi) is 5.83. The number of piperidine rings is 1. The molecule has 0 bridgehead atoms. The molecule has 0 radical (unpaired) electrons. The number of hydrogen-bond donors (Lipinski definition) is 2. The zero-order valence-corrected chi connectivity index (χ0v) is 14.8. The van der Waals surface area contributed by atoms with Crippen molar-refractivity contribution in [1.82, 2.24) is 14.9 Å². The summed E-state index contributed by atoms with van der Waals surface area (Å²) in [6, 6.07) is 5.99. The first-order valence-electron chi connectivity index (χ1n) is 7.36. The molecule has 2 aromatic rings. The normalized spacial score (nSPS) is 15.5. The lowest BCUT2D eigenvalue weighted by Gasteiger charge is -2.21. The fourth-order valence-electron chi connectivity index (χ4n) is 2.81. The number of amides is 1. The van der Waals surface area contributed by atoms with Gasteiger partial charge in [0.15, 0.2) is 0 Å². The number of nitrogens with one attached hydrogen (secondary N) is 2. The molecule has 2 N–H and O–H groups in total. The van der Waals surface area contributed by atoms with E-state index in [2.05, 4.69) is 38.5 Å². The number of imidazole rings is 1. The number of fused-ring (bicyclic) bond motifs is 1. The molecule has 1 aliphatic rings. The first kappa shape index (κ1) is 17.2. The van der Waals surface area contributed by atoms with Gasteiger partial charge in [0.05, 0.1) is 11.0 Å². The van der Waals surface area contributed by atoms with Gasteiger partial charge in [0.1, 0.15) is 0 Å². The van der Waals surface area contributed by atoms with E-state index in [9.17, 15) is 4.79 Å². The van der Waals surface area contributed by atoms with Gasteiger partial charge in [-0.3, -0.25) is 10.1 Å². The van der Waals surface area contributed by atoms with Crippen LogP contribution < -0.4 is 10.6 Å². The second-order valence-electron chi connectivity index (χ2n) is 5.33. The van der Waals surface area contributed by atoms with Crippen LogP contribution >= 0.6 is 28.3 Å². The van der Waals surface area contributed by atoms with Gasteiger partial charge in [0, 0.05) is 16.9 Å². The molecule has 0 atom stereocenters. The highest BCUT2D eigenvalue weighted by Gasteiger charge is 2.22. The number of carbonyl (C=O) groups is 1. The molecule has 0 saturated carbocycles. The molecule has 1 fully saturated rings. The average molecular weight is 388 g/mol. The summed E-state index contributed by atoms with van der Waals surface area (Å²) in [7, 11) is 0. The van der Waals surface area contributed by atoms with Crippen LogP contribution in [0.1, 0.15) is 19.8 Å². The van der Waals surface area contributed by atoms with Crippen LogP contribution in [0, 0.1) is 5.92 Å². The van der Waals surface area contributed by atoms with Gasteiger partial charge in [0.2, 0.25) is 11.9 Å². The second kappa shape index (κ2) is 7.44. The number of aryl methyl sites for hydroxylation is 1. The minimum Gasteiger partial charge on any atom is -0.317 e. The van der Waals surface area contributed by atoms with Crippen LogP contribution in [0.4, 0.5) is 5.95 Å². The van der Waals surface area contributed by atoms with E-state index in [0.717, 1.165) is 48.0 Å². The maximum atomic E-state index is 12.4. The van der Waals surface area contributed by atoms with Crippen LogP contribution in [0.3, 0.4) is 0 Å². The summed E-state index contributed by atoms with van der Waals surface area (Å²) in [5.41, 5.74) is 1.94. The number of hydrogen-bond acceptors (Lipinski definition) is 3. The fourth-order valence-corrected chi connectivity index (χ4v) is 3.16. The third kappa shape index (κ3) is 3.45. The van der Waals surface area contributed by atoms with Crippen LogP contribution in [0.25, 0.3) is 11.0 Å². The molecule has 0 aliphatic carbocycles. The standard InChI is InChI=1S/C15H19BrN4O.ClH/c1-2-20-13-4-3-11(16)9-12(13)18-15(20)19-14(21)10-5-7-17-8-6-10;/h3-4,9-10,17H,2,5-8H2,1H3,(H,18,19,21);1H. The van der Waals surface area contributed by atoms with Gasteiger partial charge >= 0.3 is 0 Å². The molecule has 0 spiro atoms. The smallest absolute Gasteiger partial charge is 0.229 e. The molecular weight excluding hydrogens is 368 g/mol. The van der Waals surface area contributed by atoms with E-state index in [1.165, 1.54) is 0 Å². The molecule has 22 heavy (non-hydrogen) atoms. The van der Waals surface area contributed by atoms with E-state index >= 15 is 0 Å². The van der Waals surface area contributed by atoms with Gasteiger partial charge in [-0.15, -0.1) is 12.4 Å². The first-order valence-corrected chi connectivity index (χ1v) is 8.15. The Balaban J connectivity index is 0.00000176. The third-order valence-corrected chi connectivity index (χ3v) is 4.46. The molecule has 0 unspecified atom stereocenters. The number of halogens is 2. The minimum absolute atomic E-state index is 0. The Bertz CT molecular complexity index is 667. The molecule has 1 aromatic carbocycles. The second-order valence-corrected chi connectivity index (χ2v) is 6.24. The van der Waals surface area contributed by atoms with Crippen molar-refractivity contribution < 1.29 is 4.79 Å². The van der Waals surface area contributed by atoms with Crippen molar-refractivity contribution in [2.24, 2.45) is 5.92 Å². The number of anilines is 1. The van der Waals surface area contributed by atoms with Gasteiger partial charge in [0.25, 0.3) is 0 Å². The Morgan fingerprint density at radius 3 is 2.86 bits per heavy atom. The van der Waals surface area contributed by atoms with Crippen LogP contribution in [-0.2, 0) is 11.3 Å². The zero-order chi connectivity index (χ0) is 14.8. The topological polar surface area (TPSA) is 59.0 Å². The first-order chi connectivity index (χ1) is 10.2. The molecule has 2 heterocycles. The van der Waals surface area contributed by atoms with Crippen molar-refractivity contribution in [3.8, 4) is 0 Å². The molecule has 1 aliphatic heterocycles. The number of benzene rings is 1. The Morgan fingerprint density at radius 1 is 1.45 bits per heavy atom. The maximum absolute atomic E-state index is 12.4. The molecular formula is C15H20BrClN4O. The summed E-state index contributed by atoms with van der Waals surface area (Å²) in [6.45, 7) is 4.66. The van der Waals surface area contributed by atoms with Crippen molar-refractivity contribution in [1.29, 1.82) is 0 Å². The van der Waals surface area contributed by atoms with Gasteiger partial charge in [-0.1, -0.05) is 15.9 Å². The summed E-state index contributed by atoms with van der Waals surface area (Å²) in [4.78, 5) is 16.9. The van der Waals surface area contributed by atoms with Crippen molar-refractivity contribution in [2.45, 2.75) is 26.3 Å². The van der Waals surface area contributed by atoms with Crippen molar-refractivity contribution in [2.75, 3.05) is 18.4 Å². The Labute approximate surface area is 144 Å². The monoisotopic (exact) mass is 386 g/mol. The van der Waals surface area contributed by atoms with Gasteiger partial charge in [-0.2, -0.15) is 0 Å². The third-order valence-electron chi connectivity index (χ3n) is 3.97. The number of carbonyl (C=O) groups excluding carboxylic acids is 1. The lowest BCUT2D eigenvalue weighted by molar-refractivity contribution is -0.120. The van der Waals surface area contributed by atoms with Crippen molar-refractivity contribution in [3.63, 3.8) is 0 Å². The summed E-state index contributed by atoms with van der Waals surface area (Å²) < 4.78 is 3.03. The van der Waals surface area contributed by atoms with Crippen molar-refractivity contribution in [3.05, 3.63) is 22.7 Å². The Hall–Kier alpha value is -1.11.